The van der Waals surface area contributed by atoms with Crippen molar-refractivity contribution in [2.75, 3.05) is 7.05 Å². The minimum absolute atomic E-state index is 0.764. The van der Waals surface area contributed by atoms with Crippen molar-refractivity contribution in [2.45, 2.75) is 57.9 Å². The fourth-order valence-electron chi connectivity index (χ4n) is 5.65. The van der Waals surface area contributed by atoms with Gasteiger partial charge in [0, 0.05) is 11.6 Å². The number of hydrogen-bond acceptors (Lipinski definition) is 2. The molecule has 4 saturated carbocycles. The van der Waals surface area contributed by atoms with Gasteiger partial charge in [-0.15, -0.1) is 0 Å². The smallest absolute Gasteiger partial charge is 0.120 e. The third kappa shape index (κ3) is 1.93. The molecule has 0 atom stereocenters. The lowest BCUT2D eigenvalue weighted by Crippen LogP contribution is -2.44. The zero-order valence-electron chi connectivity index (χ0n) is 12.8. The van der Waals surface area contributed by atoms with Gasteiger partial charge in [0.2, 0.25) is 0 Å². The van der Waals surface area contributed by atoms with Gasteiger partial charge in [-0.1, -0.05) is 6.92 Å². The Labute approximate surface area is 122 Å². The number of hydrogen-bond donors (Lipinski definition) is 2. The van der Waals surface area contributed by atoms with E-state index in [1.165, 1.54) is 43.5 Å². The van der Waals surface area contributed by atoms with Gasteiger partial charge in [0.1, 0.15) is 5.82 Å². The lowest BCUT2D eigenvalue weighted by atomic mass is 9.51. The minimum atomic E-state index is 0.764. The van der Waals surface area contributed by atoms with Crippen LogP contribution in [0.4, 0.5) is 0 Å². The fourth-order valence-corrected chi connectivity index (χ4v) is 5.65. The Morgan fingerprint density at radius 2 is 1.75 bits per heavy atom. The lowest BCUT2D eigenvalue weighted by Gasteiger charge is -2.54. The van der Waals surface area contributed by atoms with Gasteiger partial charge < -0.3 is 10.3 Å². The second-order valence-corrected chi connectivity index (χ2v) is 7.39. The summed E-state index contributed by atoms with van der Waals surface area (Å²) >= 11 is 0. The summed E-state index contributed by atoms with van der Waals surface area (Å²) in [6.07, 6.45) is 8.55. The molecule has 0 spiro atoms. The van der Waals surface area contributed by atoms with E-state index in [1.807, 2.05) is 7.05 Å². The van der Waals surface area contributed by atoms with Crippen molar-refractivity contribution in [3.05, 3.63) is 17.2 Å². The van der Waals surface area contributed by atoms with Crippen LogP contribution in [0.25, 0.3) is 0 Å². The van der Waals surface area contributed by atoms with Gasteiger partial charge in [-0.3, -0.25) is 0 Å². The summed E-state index contributed by atoms with van der Waals surface area (Å²) in [4.78, 5) is 8.57. The van der Waals surface area contributed by atoms with E-state index in [-0.39, 0.29) is 0 Å². The number of aromatic nitrogens is 2. The predicted octanol–water partition coefficient (Wildman–Crippen LogP) is 3.23. The van der Waals surface area contributed by atoms with E-state index in [4.69, 9.17) is 4.98 Å². The number of nitrogens with zero attached hydrogens (tertiary/aromatic N) is 1. The second-order valence-electron chi connectivity index (χ2n) is 7.39. The van der Waals surface area contributed by atoms with Crippen LogP contribution in [0.2, 0.25) is 0 Å². The largest absolute Gasteiger partial charge is 0.345 e. The maximum Gasteiger partial charge on any atom is 0.120 e. The molecule has 0 unspecified atom stereocenters. The van der Waals surface area contributed by atoms with Crippen LogP contribution in [0.3, 0.4) is 0 Å². The third-order valence-corrected chi connectivity index (χ3v) is 6.10. The molecule has 3 heteroatoms. The van der Waals surface area contributed by atoms with Crippen LogP contribution >= 0.6 is 0 Å². The average Bonchev–Trinajstić information content (AvgIpc) is 2.81. The number of imidazole rings is 1. The van der Waals surface area contributed by atoms with E-state index in [1.54, 1.807) is 0 Å². The predicted molar refractivity (Wildman–Crippen MR) is 80.5 cm³/mol. The molecule has 0 aliphatic heterocycles. The highest BCUT2D eigenvalue weighted by Crippen LogP contribution is 2.59. The van der Waals surface area contributed by atoms with E-state index in [9.17, 15) is 0 Å². The maximum absolute atomic E-state index is 5.00. The molecule has 1 aromatic rings. The summed E-state index contributed by atoms with van der Waals surface area (Å²) in [5.41, 5.74) is 2.85. The Morgan fingerprint density at radius 1 is 1.10 bits per heavy atom. The summed E-state index contributed by atoms with van der Waals surface area (Å²) in [7, 11) is 2.00. The van der Waals surface area contributed by atoms with Crippen molar-refractivity contribution < 1.29 is 0 Å². The molecule has 3 nitrogen and oxygen atoms in total. The lowest BCUT2D eigenvalue weighted by molar-refractivity contribution is -0.00433. The Morgan fingerprint density at radius 3 is 2.30 bits per heavy atom. The molecule has 0 aromatic carbocycles. The van der Waals surface area contributed by atoms with Crippen molar-refractivity contribution in [2.24, 2.45) is 23.7 Å². The molecule has 1 aromatic heterocycles. The Balaban J connectivity index is 1.66. The first kappa shape index (κ1) is 12.9. The molecule has 4 aliphatic carbocycles. The first-order valence-electron chi connectivity index (χ1n) is 8.50. The monoisotopic (exact) mass is 273 g/mol. The van der Waals surface area contributed by atoms with E-state index >= 15 is 0 Å². The van der Waals surface area contributed by atoms with Crippen molar-refractivity contribution in [3.63, 3.8) is 0 Å². The average molecular weight is 273 g/mol. The molecule has 0 saturated heterocycles. The molecular formula is C17H27N3. The van der Waals surface area contributed by atoms with Crippen LogP contribution in [-0.4, -0.2) is 17.0 Å². The Bertz CT molecular complexity index is 462. The summed E-state index contributed by atoms with van der Waals surface area (Å²) in [6, 6.07) is 0. The number of nitrogens with one attached hydrogen (secondary N) is 2. The van der Waals surface area contributed by atoms with Crippen LogP contribution in [0.5, 0.6) is 0 Å². The normalized spacial score (nSPS) is 38.6. The van der Waals surface area contributed by atoms with E-state index in [0.717, 1.165) is 48.4 Å². The summed E-state index contributed by atoms with van der Waals surface area (Å²) < 4.78 is 0. The summed E-state index contributed by atoms with van der Waals surface area (Å²) in [5.74, 6) is 5.86. The van der Waals surface area contributed by atoms with E-state index in [2.05, 4.69) is 17.2 Å². The second kappa shape index (κ2) is 4.87. The first-order chi connectivity index (χ1) is 9.78. The van der Waals surface area contributed by atoms with Crippen LogP contribution in [0.1, 0.15) is 62.2 Å². The minimum Gasteiger partial charge on any atom is -0.345 e. The highest BCUT2D eigenvalue weighted by atomic mass is 15.0. The zero-order valence-corrected chi connectivity index (χ0v) is 12.8. The molecule has 20 heavy (non-hydrogen) atoms. The molecular weight excluding hydrogens is 246 g/mol. The molecule has 4 bridgehead atoms. The van der Waals surface area contributed by atoms with Gasteiger partial charge in [0.15, 0.2) is 0 Å². The van der Waals surface area contributed by atoms with Crippen molar-refractivity contribution in [3.8, 4) is 0 Å². The van der Waals surface area contributed by atoms with Gasteiger partial charge in [0.25, 0.3) is 0 Å². The van der Waals surface area contributed by atoms with Gasteiger partial charge in [-0.2, -0.15) is 0 Å². The van der Waals surface area contributed by atoms with Gasteiger partial charge in [-0.05, 0) is 69.2 Å². The van der Waals surface area contributed by atoms with Crippen molar-refractivity contribution >= 4 is 0 Å². The van der Waals surface area contributed by atoms with Crippen molar-refractivity contribution in [1.82, 2.24) is 15.3 Å². The summed E-state index contributed by atoms with van der Waals surface area (Å²) in [5, 5.41) is 3.22. The number of aromatic amines is 1. The van der Waals surface area contributed by atoms with Gasteiger partial charge in [-0.25, -0.2) is 4.98 Å². The zero-order chi connectivity index (χ0) is 13.7. The number of aryl methyl sites for hydroxylation is 1. The van der Waals surface area contributed by atoms with Gasteiger partial charge >= 0.3 is 0 Å². The standard InChI is InChI=1S/C17H27N3/c1-3-14-17(20-15(19-14)9-18-2)16-12-5-10-4-11(7-12)8-13(16)6-10/h10-13,16,18H,3-9H2,1-2H3,(H,19,20). The molecule has 0 amide bonds. The molecule has 0 radical (unpaired) electrons. The van der Waals surface area contributed by atoms with Crippen LogP contribution in [0.15, 0.2) is 0 Å². The van der Waals surface area contributed by atoms with E-state index < -0.39 is 0 Å². The van der Waals surface area contributed by atoms with Crippen LogP contribution < -0.4 is 5.32 Å². The molecule has 4 fully saturated rings. The summed E-state index contributed by atoms with van der Waals surface area (Å²) in [6.45, 7) is 3.12. The third-order valence-electron chi connectivity index (χ3n) is 6.10. The molecule has 4 aliphatic rings. The number of H-pyrrole nitrogens is 1. The Hall–Kier alpha value is -0.830. The van der Waals surface area contributed by atoms with E-state index in [0.29, 0.717) is 0 Å². The number of rotatable bonds is 4. The van der Waals surface area contributed by atoms with Gasteiger partial charge in [0.05, 0.1) is 12.2 Å². The van der Waals surface area contributed by atoms with Crippen LogP contribution in [0, 0.1) is 23.7 Å². The van der Waals surface area contributed by atoms with Crippen LogP contribution in [-0.2, 0) is 13.0 Å². The Kier molecular flexibility index (Phi) is 3.13. The highest BCUT2D eigenvalue weighted by molar-refractivity contribution is 5.24. The fraction of sp³-hybridized carbons (Fsp3) is 0.824. The molecule has 1 heterocycles. The first-order valence-corrected chi connectivity index (χ1v) is 8.50. The molecule has 110 valence electrons. The highest BCUT2D eigenvalue weighted by Gasteiger charge is 2.49. The quantitative estimate of drug-likeness (QED) is 0.884. The molecule has 2 N–H and O–H groups in total. The SMILES string of the molecule is CCc1[nH]c(CNC)nc1C1C2CC3CC(C2)CC1C3. The maximum atomic E-state index is 5.00. The molecule has 5 rings (SSSR count). The topological polar surface area (TPSA) is 40.7 Å². The van der Waals surface area contributed by atoms with Crippen molar-refractivity contribution in [1.29, 1.82) is 0 Å².